The number of hydrogen-bond donors (Lipinski definition) is 2. The van der Waals surface area contributed by atoms with Crippen LogP contribution in [0.25, 0.3) is 0 Å². The fourth-order valence-electron chi connectivity index (χ4n) is 3.25. The van der Waals surface area contributed by atoms with Crippen LogP contribution in [0.3, 0.4) is 0 Å². The largest absolute Gasteiger partial charge is 0.480 e. The third kappa shape index (κ3) is 5.97. The van der Waals surface area contributed by atoms with Crippen molar-refractivity contribution >= 4 is 11.9 Å². The molecule has 2 N–H and O–H groups in total. The first-order valence-electron chi connectivity index (χ1n) is 9.50. The van der Waals surface area contributed by atoms with Crippen LogP contribution in [-0.2, 0) is 16.0 Å². The van der Waals surface area contributed by atoms with E-state index in [0.717, 1.165) is 11.1 Å². The van der Waals surface area contributed by atoms with Crippen molar-refractivity contribution in [3.05, 3.63) is 96.1 Å². The lowest BCUT2D eigenvalue weighted by Gasteiger charge is -2.20. The first kappa shape index (κ1) is 20.2. The van der Waals surface area contributed by atoms with Crippen LogP contribution in [0, 0.1) is 0 Å². The van der Waals surface area contributed by atoms with Crippen molar-refractivity contribution in [2.24, 2.45) is 0 Å². The van der Waals surface area contributed by atoms with Gasteiger partial charge in [0.2, 0.25) is 5.91 Å². The Bertz CT molecular complexity index is 878. The highest BCUT2D eigenvalue weighted by Crippen LogP contribution is 2.27. The molecular formula is C23H23N3O3. The lowest BCUT2D eigenvalue weighted by Crippen LogP contribution is -2.41. The van der Waals surface area contributed by atoms with Gasteiger partial charge in [-0.05, 0) is 24.0 Å². The zero-order chi connectivity index (χ0) is 20.5. The van der Waals surface area contributed by atoms with Gasteiger partial charge in [-0.25, -0.2) is 4.79 Å². The number of aliphatic carboxylic acids is 1. The number of benzene rings is 2. The summed E-state index contributed by atoms with van der Waals surface area (Å²) in [5, 5.41) is 12.2. The van der Waals surface area contributed by atoms with E-state index < -0.39 is 12.0 Å². The summed E-state index contributed by atoms with van der Waals surface area (Å²) >= 11 is 0. The van der Waals surface area contributed by atoms with Crippen LogP contribution in [0.2, 0.25) is 0 Å². The van der Waals surface area contributed by atoms with E-state index in [1.807, 2.05) is 60.7 Å². The van der Waals surface area contributed by atoms with Crippen molar-refractivity contribution in [3.8, 4) is 0 Å². The summed E-state index contributed by atoms with van der Waals surface area (Å²) in [6, 6.07) is 18.5. The number of carbonyl (C=O) groups excluding carboxylic acids is 1. The first-order valence-corrected chi connectivity index (χ1v) is 9.50. The lowest BCUT2D eigenvalue weighted by molar-refractivity contribution is -0.142. The number of carboxylic acids is 1. The second kappa shape index (κ2) is 10.1. The van der Waals surface area contributed by atoms with Gasteiger partial charge in [0.1, 0.15) is 6.04 Å². The van der Waals surface area contributed by atoms with Crippen LogP contribution in [0.5, 0.6) is 0 Å². The number of amides is 1. The maximum Gasteiger partial charge on any atom is 0.326 e. The summed E-state index contributed by atoms with van der Waals surface area (Å²) in [4.78, 5) is 32.5. The topological polar surface area (TPSA) is 92.2 Å². The zero-order valence-electron chi connectivity index (χ0n) is 15.9. The molecule has 1 unspecified atom stereocenters. The number of aromatic nitrogens is 2. The maximum atomic E-state index is 12.7. The van der Waals surface area contributed by atoms with E-state index in [1.165, 1.54) is 0 Å². The molecule has 0 bridgehead atoms. The summed E-state index contributed by atoms with van der Waals surface area (Å²) < 4.78 is 0. The van der Waals surface area contributed by atoms with Crippen LogP contribution >= 0.6 is 0 Å². The summed E-state index contributed by atoms with van der Waals surface area (Å²) in [5.74, 6) is -1.50. The number of nitrogens with one attached hydrogen (secondary N) is 1. The van der Waals surface area contributed by atoms with Gasteiger partial charge in [0.25, 0.3) is 0 Å². The van der Waals surface area contributed by atoms with E-state index in [1.54, 1.807) is 18.6 Å². The standard InChI is InChI=1S/C23H23N3O3/c27-22(26-21(23(28)29)12-11-19-16-24-13-14-25-19)15-20(17-7-3-1-4-8-17)18-9-5-2-6-10-18/h1-10,13-14,16,20-21H,11-12,15H2,(H,26,27)(H,28,29). The number of hydrogen-bond acceptors (Lipinski definition) is 4. The van der Waals surface area contributed by atoms with E-state index in [4.69, 9.17) is 0 Å². The molecule has 0 aliphatic rings. The van der Waals surface area contributed by atoms with Crippen LogP contribution in [0.1, 0.15) is 35.6 Å². The molecule has 3 rings (SSSR count). The summed E-state index contributed by atoms with van der Waals surface area (Å²) in [5.41, 5.74) is 2.72. The molecule has 0 aliphatic carbocycles. The molecule has 0 saturated heterocycles. The molecule has 0 saturated carbocycles. The van der Waals surface area contributed by atoms with Gasteiger partial charge < -0.3 is 10.4 Å². The van der Waals surface area contributed by atoms with E-state index in [0.29, 0.717) is 12.1 Å². The Morgan fingerprint density at radius 2 is 1.55 bits per heavy atom. The first-order chi connectivity index (χ1) is 14.1. The molecule has 0 aliphatic heterocycles. The summed E-state index contributed by atoms with van der Waals surface area (Å²) in [6.45, 7) is 0. The highest BCUT2D eigenvalue weighted by molar-refractivity contribution is 5.84. The van der Waals surface area contributed by atoms with Gasteiger partial charge in [-0.1, -0.05) is 60.7 Å². The minimum Gasteiger partial charge on any atom is -0.480 e. The van der Waals surface area contributed by atoms with Crippen molar-refractivity contribution in [1.82, 2.24) is 15.3 Å². The Balaban J connectivity index is 1.68. The maximum absolute atomic E-state index is 12.7. The number of nitrogens with zero attached hydrogens (tertiary/aromatic N) is 2. The fraction of sp³-hybridized carbons (Fsp3) is 0.217. The van der Waals surface area contributed by atoms with Gasteiger partial charge in [0, 0.05) is 30.9 Å². The molecule has 0 fully saturated rings. The fourth-order valence-corrected chi connectivity index (χ4v) is 3.25. The van der Waals surface area contributed by atoms with Gasteiger partial charge in [-0.3, -0.25) is 14.8 Å². The molecule has 0 spiro atoms. The minimum absolute atomic E-state index is 0.146. The molecule has 3 aromatic rings. The van der Waals surface area contributed by atoms with Crippen LogP contribution in [-0.4, -0.2) is 33.0 Å². The van der Waals surface area contributed by atoms with E-state index in [9.17, 15) is 14.7 Å². The van der Waals surface area contributed by atoms with Crippen LogP contribution in [0.4, 0.5) is 0 Å². The smallest absolute Gasteiger partial charge is 0.326 e. The molecule has 6 nitrogen and oxygen atoms in total. The predicted octanol–water partition coefficient (Wildman–Crippen LogP) is 3.20. The second-order valence-corrected chi connectivity index (χ2v) is 6.77. The third-order valence-corrected chi connectivity index (χ3v) is 4.73. The van der Waals surface area contributed by atoms with Crippen molar-refractivity contribution in [2.45, 2.75) is 31.2 Å². The highest BCUT2D eigenvalue weighted by Gasteiger charge is 2.23. The summed E-state index contributed by atoms with van der Waals surface area (Å²) in [6.07, 6.45) is 5.57. The third-order valence-electron chi connectivity index (χ3n) is 4.73. The average molecular weight is 389 g/mol. The summed E-state index contributed by atoms with van der Waals surface area (Å²) in [7, 11) is 0. The van der Waals surface area contributed by atoms with Gasteiger partial charge in [0.15, 0.2) is 0 Å². The zero-order valence-corrected chi connectivity index (χ0v) is 15.9. The number of rotatable bonds is 9. The Morgan fingerprint density at radius 3 is 2.07 bits per heavy atom. The van der Waals surface area contributed by atoms with Crippen molar-refractivity contribution < 1.29 is 14.7 Å². The van der Waals surface area contributed by atoms with Gasteiger partial charge in [-0.15, -0.1) is 0 Å². The van der Waals surface area contributed by atoms with Gasteiger partial charge in [0.05, 0.1) is 5.69 Å². The molecule has 1 aromatic heterocycles. The Morgan fingerprint density at radius 1 is 0.931 bits per heavy atom. The van der Waals surface area contributed by atoms with E-state index in [2.05, 4.69) is 15.3 Å². The molecule has 2 aromatic carbocycles. The molecule has 29 heavy (non-hydrogen) atoms. The molecule has 0 radical (unpaired) electrons. The molecular weight excluding hydrogens is 366 g/mol. The molecule has 6 heteroatoms. The molecule has 1 heterocycles. The van der Waals surface area contributed by atoms with Crippen molar-refractivity contribution in [1.29, 1.82) is 0 Å². The van der Waals surface area contributed by atoms with Crippen LogP contribution in [0.15, 0.2) is 79.3 Å². The number of carboxylic acid groups (broad SMARTS) is 1. The average Bonchev–Trinajstić information content (AvgIpc) is 2.76. The van der Waals surface area contributed by atoms with Crippen molar-refractivity contribution in [2.75, 3.05) is 0 Å². The Labute approximate surface area is 169 Å². The highest BCUT2D eigenvalue weighted by atomic mass is 16.4. The monoisotopic (exact) mass is 389 g/mol. The minimum atomic E-state index is -1.06. The van der Waals surface area contributed by atoms with Gasteiger partial charge in [-0.2, -0.15) is 0 Å². The second-order valence-electron chi connectivity index (χ2n) is 6.77. The lowest BCUT2D eigenvalue weighted by atomic mass is 9.88. The van der Waals surface area contributed by atoms with E-state index in [-0.39, 0.29) is 24.7 Å². The Kier molecular flexibility index (Phi) is 7.05. The molecule has 1 amide bonds. The predicted molar refractivity (Wildman–Crippen MR) is 109 cm³/mol. The Hall–Kier alpha value is -3.54. The molecule has 1 atom stereocenters. The van der Waals surface area contributed by atoms with E-state index >= 15 is 0 Å². The number of aryl methyl sites for hydroxylation is 1. The number of carbonyl (C=O) groups is 2. The SMILES string of the molecule is O=C(CC(c1ccccc1)c1ccccc1)NC(CCc1cnccn1)C(=O)O. The normalized spacial score (nSPS) is 11.8. The van der Waals surface area contributed by atoms with Crippen molar-refractivity contribution in [3.63, 3.8) is 0 Å². The van der Waals surface area contributed by atoms with Gasteiger partial charge >= 0.3 is 5.97 Å². The quantitative estimate of drug-likeness (QED) is 0.586. The van der Waals surface area contributed by atoms with Crippen LogP contribution < -0.4 is 5.32 Å². The molecule has 148 valence electrons.